The van der Waals surface area contributed by atoms with Crippen molar-refractivity contribution in [2.75, 3.05) is 6.54 Å². The van der Waals surface area contributed by atoms with Gasteiger partial charge in [-0.25, -0.2) is 0 Å². The van der Waals surface area contributed by atoms with Gasteiger partial charge in [0.1, 0.15) is 6.04 Å². The van der Waals surface area contributed by atoms with Crippen LogP contribution in [-0.2, 0) is 16.0 Å². The van der Waals surface area contributed by atoms with Crippen molar-refractivity contribution >= 4 is 17.6 Å². The van der Waals surface area contributed by atoms with Crippen LogP contribution in [0.2, 0.25) is 0 Å². The third-order valence-electron chi connectivity index (χ3n) is 4.41. The van der Waals surface area contributed by atoms with Crippen LogP contribution in [0.4, 0.5) is 0 Å². The molecule has 1 heterocycles. The second-order valence-electron chi connectivity index (χ2n) is 7.07. The van der Waals surface area contributed by atoms with Gasteiger partial charge in [-0.1, -0.05) is 38.1 Å². The maximum Gasteiger partial charge on any atom is 0.240 e. The molecule has 0 bridgehead atoms. The summed E-state index contributed by atoms with van der Waals surface area (Å²) in [4.78, 5) is 37.2. The van der Waals surface area contributed by atoms with Gasteiger partial charge in [0.25, 0.3) is 0 Å². The fourth-order valence-corrected chi connectivity index (χ4v) is 3.17. The average molecular weight is 346 g/mol. The van der Waals surface area contributed by atoms with Gasteiger partial charge in [0.2, 0.25) is 11.8 Å². The Balaban J connectivity index is 1.90. The summed E-state index contributed by atoms with van der Waals surface area (Å²) in [6.07, 6.45) is 0.444. The number of likely N-dealkylation sites (tertiary alicyclic amines) is 1. The number of ketones is 1. The predicted octanol–water partition coefficient (Wildman–Crippen LogP) is 1.30. The lowest BCUT2D eigenvalue weighted by Gasteiger charge is -2.21. The molecule has 1 aromatic rings. The van der Waals surface area contributed by atoms with Crippen LogP contribution >= 0.6 is 0 Å². The molecule has 2 rings (SSSR count). The molecule has 1 aliphatic rings. The van der Waals surface area contributed by atoms with E-state index in [0.717, 1.165) is 6.42 Å². The zero-order valence-electron chi connectivity index (χ0n) is 14.8. The standard InChI is InChI=1S/C19H26N2O4/c1-12(2)9-13-3-5-14(6-4-13)17(23)7-8-18(24)21-11-15(22)10-16(21)19(20)25/h3-6,12,15-16,22H,7-11H2,1-2H3,(H2,20,25)/t15-,16+/m0/s1. The minimum Gasteiger partial charge on any atom is -0.391 e. The highest BCUT2D eigenvalue weighted by molar-refractivity contribution is 5.98. The number of aliphatic hydroxyl groups excluding tert-OH is 1. The first kappa shape index (κ1) is 19.1. The van der Waals surface area contributed by atoms with Gasteiger partial charge in [-0.3, -0.25) is 14.4 Å². The third kappa shape index (κ3) is 5.13. The van der Waals surface area contributed by atoms with E-state index in [1.165, 1.54) is 10.5 Å². The summed E-state index contributed by atoms with van der Waals surface area (Å²) in [6, 6.07) is 6.67. The van der Waals surface area contributed by atoms with Gasteiger partial charge in [-0.15, -0.1) is 0 Å². The quantitative estimate of drug-likeness (QED) is 0.727. The number of aliphatic hydroxyl groups is 1. The third-order valence-corrected chi connectivity index (χ3v) is 4.41. The van der Waals surface area contributed by atoms with Gasteiger partial charge in [-0.2, -0.15) is 0 Å². The Kier molecular flexibility index (Phi) is 6.31. The van der Waals surface area contributed by atoms with Crippen molar-refractivity contribution in [1.29, 1.82) is 0 Å². The Morgan fingerprint density at radius 1 is 1.20 bits per heavy atom. The number of amides is 2. The molecule has 0 radical (unpaired) electrons. The van der Waals surface area contributed by atoms with E-state index < -0.39 is 18.1 Å². The minimum atomic E-state index is -0.784. The molecule has 2 atom stereocenters. The summed E-state index contributed by atoms with van der Waals surface area (Å²) in [5.41, 5.74) is 7.03. The topological polar surface area (TPSA) is 101 Å². The Bertz CT molecular complexity index is 639. The fourth-order valence-electron chi connectivity index (χ4n) is 3.17. The van der Waals surface area contributed by atoms with E-state index in [4.69, 9.17) is 5.73 Å². The lowest BCUT2D eigenvalue weighted by atomic mass is 9.99. The molecule has 0 spiro atoms. The van der Waals surface area contributed by atoms with Crippen molar-refractivity contribution in [3.8, 4) is 0 Å². The number of benzene rings is 1. The van der Waals surface area contributed by atoms with E-state index in [1.54, 1.807) is 12.1 Å². The second kappa shape index (κ2) is 8.25. The van der Waals surface area contributed by atoms with Crippen molar-refractivity contribution in [3.05, 3.63) is 35.4 Å². The van der Waals surface area contributed by atoms with E-state index in [2.05, 4.69) is 13.8 Å². The van der Waals surface area contributed by atoms with Gasteiger partial charge >= 0.3 is 0 Å². The first-order chi connectivity index (χ1) is 11.8. The average Bonchev–Trinajstić information content (AvgIpc) is 2.94. The molecule has 136 valence electrons. The number of rotatable bonds is 7. The second-order valence-corrected chi connectivity index (χ2v) is 7.07. The van der Waals surface area contributed by atoms with Crippen molar-refractivity contribution in [2.45, 2.75) is 51.7 Å². The van der Waals surface area contributed by atoms with Crippen LogP contribution in [0.5, 0.6) is 0 Å². The van der Waals surface area contributed by atoms with E-state index in [0.29, 0.717) is 11.5 Å². The summed E-state index contributed by atoms with van der Waals surface area (Å²) in [5.74, 6) is -0.518. The Hall–Kier alpha value is -2.21. The molecule has 6 nitrogen and oxygen atoms in total. The van der Waals surface area contributed by atoms with E-state index in [-0.39, 0.29) is 37.5 Å². The first-order valence-electron chi connectivity index (χ1n) is 8.67. The van der Waals surface area contributed by atoms with Gasteiger partial charge < -0.3 is 15.7 Å². The van der Waals surface area contributed by atoms with Crippen LogP contribution in [0, 0.1) is 5.92 Å². The van der Waals surface area contributed by atoms with Crippen LogP contribution in [0.3, 0.4) is 0 Å². The molecule has 0 aliphatic carbocycles. The summed E-state index contributed by atoms with van der Waals surface area (Å²) in [6.45, 7) is 4.36. The molecule has 2 amide bonds. The molecule has 6 heteroatoms. The highest BCUT2D eigenvalue weighted by atomic mass is 16.3. The highest BCUT2D eigenvalue weighted by Gasteiger charge is 2.37. The molecule has 0 unspecified atom stereocenters. The smallest absolute Gasteiger partial charge is 0.240 e. The lowest BCUT2D eigenvalue weighted by molar-refractivity contribution is -0.137. The zero-order valence-corrected chi connectivity index (χ0v) is 14.8. The number of hydrogen-bond donors (Lipinski definition) is 2. The fraction of sp³-hybridized carbons (Fsp3) is 0.526. The molecule has 1 aromatic carbocycles. The first-order valence-corrected chi connectivity index (χ1v) is 8.67. The SMILES string of the molecule is CC(C)Cc1ccc(C(=O)CCC(=O)N2C[C@@H](O)C[C@@H]2C(N)=O)cc1. The number of Topliss-reactive ketones (excluding diaryl/α,β-unsaturated/α-hetero) is 1. The summed E-state index contributed by atoms with van der Waals surface area (Å²) >= 11 is 0. The highest BCUT2D eigenvalue weighted by Crippen LogP contribution is 2.20. The number of hydrogen-bond acceptors (Lipinski definition) is 4. The predicted molar refractivity (Wildman–Crippen MR) is 93.9 cm³/mol. The minimum absolute atomic E-state index is 0.00305. The Labute approximate surface area is 148 Å². The van der Waals surface area contributed by atoms with E-state index >= 15 is 0 Å². The molecule has 1 fully saturated rings. The maximum absolute atomic E-state index is 12.3. The van der Waals surface area contributed by atoms with Crippen molar-refractivity contribution in [1.82, 2.24) is 4.90 Å². The summed E-state index contributed by atoms with van der Waals surface area (Å²) < 4.78 is 0. The van der Waals surface area contributed by atoms with E-state index in [9.17, 15) is 19.5 Å². The summed E-state index contributed by atoms with van der Waals surface area (Å²) in [7, 11) is 0. The largest absolute Gasteiger partial charge is 0.391 e. The molecular formula is C19H26N2O4. The summed E-state index contributed by atoms with van der Waals surface area (Å²) in [5, 5.41) is 9.64. The van der Waals surface area contributed by atoms with Crippen molar-refractivity contribution in [3.63, 3.8) is 0 Å². The number of nitrogens with zero attached hydrogens (tertiary/aromatic N) is 1. The number of carbonyl (C=O) groups is 3. The molecule has 25 heavy (non-hydrogen) atoms. The van der Waals surface area contributed by atoms with Crippen LogP contribution in [-0.4, -0.2) is 46.3 Å². The van der Waals surface area contributed by atoms with Gasteiger partial charge in [0, 0.05) is 31.4 Å². The number of β-amino-alcohol motifs (C(OH)–C–C–N with tert-alkyl or cyclic N) is 1. The van der Waals surface area contributed by atoms with Gasteiger partial charge in [0.15, 0.2) is 5.78 Å². The van der Waals surface area contributed by atoms with Gasteiger partial charge in [-0.05, 0) is 17.9 Å². The van der Waals surface area contributed by atoms with Crippen LogP contribution in [0.25, 0.3) is 0 Å². The Morgan fingerprint density at radius 3 is 2.40 bits per heavy atom. The maximum atomic E-state index is 12.3. The molecular weight excluding hydrogens is 320 g/mol. The number of primary amides is 1. The zero-order chi connectivity index (χ0) is 18.6. The normalized spacial score (nSPS) is 20.1. The van der Waals surface area contributed by atoms with Gasteiger partial charge in [0.05, 0.1) is 6.10 Å². The molecule has 3 N–H and O–H groups in total. The molecule has 0 aromatic heterocycles. The van der Waals surface area contributed by atoms with Crippen LogP contribution in [0.15, 0.2) is 24.3 Å². The lowest BCUT2D eigenvalue weighted by Crippen LogP contribution is -2.43. The molecule has 1 saturated heterocycles. The van der Waals surface area contributed by atoms with Crippen molar-refractivity contribution < 1.29 is 19.5 Å². The van der Waals surface area contributed by atoms with Crippen molar-refractivity contribution in [2.24, 2.45) is 11.7 Å². The van der Waals surface area contributed by atoms with E-state index in [1.807, 2.05) is 12.1 Å². The van der Waals surface area contributed by atoms with Crippen LogP contribution in [0.1, 0.15) is 49.0 Å². The monoisotopic (exact) mass is 346 g/mol. The molecule has 0 saturated carbocycles. The number of nitrogens with two attached hydrogens (primary N) is 1. The Morgan fingerprint density at radius 2 is 1.84 bits per heavy atom. The number of carbonyl (C=O) groups excluding carboxylic acids is 3. The molecule has 1 aliphatic heterocycles. The van der Waals surface area contributed by atoms with Crippen LogP contribution < -0.4 is 5.73 Å².